The maximum absolute atomic E-state index is 14.3. The van der Waals surface area contributed by atoms with Crippen LogP contribution < -0.4 is 9.62 Å². The molecule has 0 heterocycles. The van der Waals surface area contributed by atoms with Crippen molar-refractivity contribution in [2.24, 2.45) is 0 Å². The lowest BCUT2D eigenvalue weighted by Gasteiger charge is -2.33. The Morgan fingerprint density at radius 2 is 1.40 bits per heavy atom. The highest BCUT2D eigenvalue weighted by atomic mass is 35.5. The van der Waals surface area contributed by atoms with Crippen molar-refractivity contribution in [1.29, 1.82) is 0 Å². The van der Waals surface area contributed by atoms with Crippen LogP contribution in [0.15, 0.2) is 102 Å². The van der Waals surface area contributed by atoms with E-state index in [2.05, 4.69) is 5.32 Å². The Kier molecular flexibility index (Phi) is 10.5. The lowest BCUT2D eigenvalue weighted by atomic mass is 10.0. The third kappa shape index (κ3) is 7.96. The van der Waals surface area contributed by atoms with E-state index in [9.17, 15) is 18.0 Å². The van der Waals surface area contributed by atoms with Crippen LogP contribution in [0.2, 0.25) is 10.0 Å². The quantitative estimate of drug-likeness (QED) is 0.212. The molecule has 4 aromatic rings. The highest BCUT2D eigenvalue weighted by Gasteiger charge is 2.34. The van der Waals surface area contributed by atoms with Gasteiger partial charge in [0.1, 0.15) is 12.6 Å². The molecule has 0 aliphatic heterocycles. The van der Waals surface area contributed by atoms with Crippen LogP contribution in [0.1, 0.15) is 22.3 Å². The summed E-state index contributed by atoms with van der Waals surface area (Å²) in [4.78, 5) is 29.1. The second-order valence-electron chi connectivity index (χ2n) is 10.2. The highest BCUT2D eigenvalue weighted by Crippen LogP contribution is 2.28. The molecule has 4 aromatic carbocycles. The molecule has 43 heavy (non-hydrogen) atoms. The van der Waals surface area contributed by atoms with Gasteiger partial charge >= 0.3 is 0 Å². The first-order valence-electron chi connectivity index (χ1n) is 13.6. The summed E-state index contributed by atoms with van der Waals surface area (Å²) in [6.07, 6.45) is 0.230. The molecule has 2 amide bonds. The number of nitrogens with zero attached hydrogens (tertiary/aromatic N) is 2. The Morgan fingerprint density at radius 1 is 0.791 bits per heavy atom. The van der Waals surface area contributed by atoms with E-state index in [-0.39, 0.29) is 23.8 Å². The number of carbonyl (C=O) groups excluding carboxylic acids is 2. The molecule has 0 aliphatic rings. The average molecular weight is 639 g/mol. The topological polar surface area (TPSA) is 86.8 Å². The number of anilines is 1. The van der Waals surface area contributed by atoms with Gasteiger partial charge in [0.05, 0.1) is 10.6 Å². The molecule has 1 N–H and O–H groups in total. The number of halogens is 2. The zero-order valence-electron chi connectivity index (χ0n) is 24.1. The fraction of sp³-hybridized carbons (Fsp3) is 0.212. The van der Waals surface area contributed by atoms with E-state index in [1.165, 1.54) is 36.2 Å². The maximum atomic E-state index is 14.3. The molecule has 4 rings (SSSR count). The third-order valence-corrected chi connectivity index (χ3v) is 9.53. The van der Waals surface area contributed by atoms with Crippen molar-refractivity contribution < 1.29 is 18.0 Å². The molecule has 0 aliphatic carbocycles. The number of nitrogens with one attached hydrogen (secondary N) is 1. The number of likely N-dealkylation sites (N-methyl/N-ethyl adjacent to an activating group) is 1. The molecular formula is C33H33Cl2N3O4S. The first-order chi connectivity index (χ1) is 20.5. The minimum atomic E-state index is -4.21. The maximum Gasteiger partial charge on any atom is 0.264 e. The van der Waals surface area contributed by atoms with Crippen molar-refractivity contribution in [3.8, 4) is 0 Å². The van der Waals surface area contributed by atoms with Crippen LogP contribution in [0.4, 0.5) is 5.69 Å². The third-order valence-electron chi connectivity index (χ3n) is 7.24. The van der Waals surface area contributed by atoms with Crippen LogP contribution in [0.25, 0.3) is 0 Å². The average Bonchev–Trinajstić information content (AvgIpc) is 3.00. The molecule has 224 valence electrons. The SMILES string of the molecule is CNC(=O)[C@H](Cc1ccccc1)N(Cc1ccc(Cl)cc1)C(=O)CN(c1ccc(C)c(C)c1)S(=O)(=O)c1ccc(Cl)cc1. The summed E-state index contributed by atoms with van der Waals surface area (Å²) in [5.74, 6) is -0.917. The normalized spacial score (nSPS) is 11.9. The van der Waals surface area contributed by atoms with Gasteiger partial charge in [-0.15, -0.1) is 0 Å². The van der Waals surface area contributed by atoms with Crippen LogP contribution >= 0.6 is 23.2 Å². The summed E-state index contributed by atoms with van der Waals surface area (Å²) >= 11 is 12.1. The Bertz CT molecular complexity index is 1680. The minimum Gasteiger partial charge on any atom is -0.357 e. The smallest absolute Gasteiger partial charge is 0.264 e. The van der Waals surface area contributed by atoms with Crippen molar-refractivity contribution in [3.05, 3.63) is 129 Å². The van der Waals surface area contributed by atoms with E-state index in [4.69, 9.17) is 23.2 Å². The molecule has 0 saturated heterocycles. The summed E-state index contributed by atoms with van der Waals surface area (Å²) in [6, 6.07) is 26.4. The summed E-state index contributed by atoms with van der Waals surface area (Å²) in [5.41, 5.74) is 3.76. The predicted molar refractivity (Wildman–Crippen MR) is 172 cm³/mol. The van der Waals surface area contributed by atoms with Crippen molar-refractivity contribution in [1.82, 2.24) is 10.2 Å². The largest absolute Gasteiger partial charge is 0.357 e. The first kappa shape index (κ1) is 32.1. The van der Waals surface area contributed by atoms with Gasteiger partial charge in [-0.3, -0.25) is 13.9 Å². The van der Waals surface area contributed by atoms with E-state index in [0.29, 0.717) is 15.7 Å². The molecule has 0 saturated carbocycles. The number of hydrogen-bond donors (Lipinski definition) is 1. The lowest BCUT2D eigenvalue weighted by Crippen LogP contribution is -2.53. The number of benzene rings is 4. The van der Waals surface area contributed by atoms with Crippen LogP contribution in [0.3, 0.4) is 0 Å². The molecule has 1 atom stereocenters. The number of sulfonamides is 1. The van der Waals surface area contributed by atoms with Gasteiger partial charge in [0.2, 0.25) is 11.8 Å². The van der Waals surface area contributed by atoms with Crippen molar-refractivity contribution in [3.63, 3.8) is 0 Å². The fourth-order valence-electron chi connectivity index (χ4n) is 4.65. The number of rotatable bonds is 11. The standard InChI is InChI=1S/C33H33Cl2N3O4S/c1-23-9-16-29(19-24(23)2)38(43(41,42)30-17-14-28(35)15-18-30)22-32(39)37(21-26-10-12-27(34)13-11-26)31(33(40)36-3)20-25-7-5-4-6-8-25/h4-19,31H,20-22H2,1-3H3,(H,36,40)/t31-/m0/s1. The van der Waals surface area contributed by atoms with E-state index in [0.717, 1.165) is 26.6 Å². The monoisotopic (exact) mass is 637 g/mol. The molecule has 0 radical (unpaired) electrons. The van der Waals surface area contributed by atoms with E-state index >= 15 is 0 Å². The number of amides is 2. The van der Waals surface area contributed by atoms with Crippen molar-refractivity contribution in [2.45, 2.75) is 37.8 Å². The molecular weight excluding hydrogens is 605 g/mol. The van der Waals surface area contributed by atoms with E-state index < -0.39 is 28.5 Å². The summed E-state index contributed by atoms with van der Waals surface area (Å²) < 4.78 is 29.2. The van der Waals surface area contributed by atoms with Gasteiger partial charge in [-0.2, -0.15) is 0 Å². The van der Waals surface area contributed by atoms with Crippen LogP contribution in [-0.4, -0.2) is 44.8 Å². The Balaban J connectivity index is 1.80. The lowest BCUT2D eigenvalue weighted by molar-refractivity contribution is -0.139. The first-order valence-corrected chi connectivity index (χ1v) is 15.8. The second kappa shape index (κ2) is 14.1. The number of aryl methyl sites for hydroxylation is 2. The molecule has 0 spiro atoms. The molecule has 10 heteroatoms. The molecule has 7 nitrogen and oxygen atoms in total. The second-order valence-corrected chi connectivity index (χ2v) is 12.9. The summed E-state index contributed by atoms with van der Waals surface area (Å²) in [5, 5.41) is 3.59. The molecule has 0 bridgehead atoms. The van der Waals surface area contributed by atoms with Gasteiger partial charge in [0.25, 0.3) is 10.0 Å². The van der Waals surface area contributed by atoms with Crippen LogP contribution in [-0.2, 0) is 32.6 Å². The van der Waals surface area contributed by atoms with Crippen LogP contribution in [0, 0.1) is 13.8 Å². The summed E-state index contributed by atoms with van der Waals surface area (Å²) in [6.45, 7) is 3.32. The van der Waals surface area contributed by atoms with Gasteiger partial charge in [-0.25, -0.2) is 8.42 Å². The van der Waals surface area contributed by atoms with Crippen molar-refractivity contribution >= 4 is 50.7 Å². The van der Waals surface area contributed by atoms with E-state index in [1.54, 1.807) is 36.4 Å². The number of carbonyl (C=O) groups is 2. The van der Waals surface area contributed by atoms with Crippen molar-refractivity contribution in [2.75, 3.05) is 17.9 Å². The van der Waals surface area contributed by atoms with Gasteiger partial charge in [0, 0.05) is 30.1 Å². The zero-order chi connectivity index (χ0) is 31.1. The summed E-state index contributed by atoms with van der Waals surface area (Å²) in [7, 11) is -2.70. The Labute approximate surface area is 263 Å². The van der Waals surface area contributed by atoms with Gasteiger partial charge in [0.15, 0.2) is 0 Å². The Morgan fingerprint density at radius 3 is 1.98 bits per heavy atom. The van der Waals surface area contributed by atoms with Crippen LogP contribution in [0.5, 0.6) is 0 Å². The van der Waals surface area contributed by atoms with Gasteiger partial charge in [-0.1, -0.05) is 71.7 Å². The van der Waals surface area contributed by atoms with E-state index in [1.807, 2.05) is 50.2 Å². The molecule has 0 unspecified atom stereocenters. The van der Waals surface area contributed by atoms with Gasteiger partial charge < -0.3 is 10.2 Å². The number of hydrogen-bond acceptors (Lipinski definition) is 4. The zero-order valence-corrected chi connectivity index (χ0v) is 26.5. The van der Waals surface area contributed by atoms with Gasteiger partial charge in [-0.05, 0) is 84.6 Å². The minimum absolute atomic E-state index is 0.0145. The molecule has 0 fully saturated rings. The Hall–Kier alpha value is -3.85. The fourth-order valence-corrected chi connectivity index (χ4v) is 6.31. The molecule has 0 aromatic heterocycles. The highest BCUT2D eigenvalue weighted by molar-refractivity contribution is 7.92. The predicted octanol–water partition coefficient (Wildman–Crippen LogP) is 6.19.